The molecule has 0 amide bonds. The zero-order valence-electron chi connectivity index (χ0n) is 22.9. The smallest absolute Gasteiger partial charge is 0.309 e. The molecule has 200 valence electrons. The number of benzene rings is 1. The SMILES string of the molecule is C/C1=C\C[C@H](/C(C)=C/c2csc(C)c2)OC(=O)C[C@H](O)C(C)(C)C(=O)[C@H](C)[C@@H](O)[C@@H](C)c2cccc1c2. The molecule has 1 aromatic heterocycles. The molecular formula is C31H40O5S. The summed E-state index contributed by atoms with van der Waals surface area (Å²) in [5.74, 6) is -1.86. The second-order valence-corrected chi connectivity index (χ2v) is 12.1. The maximum atomic E-state index is 13.4. The second-order valence-electron chi connectivity index (χ2n) is 11.0. The molecule has 5 nitrogen and oxygen atoms in total. The normalized spacial score (nSPS) is 29.4. The average Bonchev–Trinajstić information content (AvgIpc) is 3.27. The standard InChI is InChI=1S/C31H40O5S/c1-18-11-12-26(19(2)13-23-14-20(3)37-17-23)36-28(33)16-27(32)31(6,7)30(35)22(5)29(34)21(4)25-10-8-9-24(18)15-25/h8-11,13-15,17,21-22,26-27,29,32,34H,12,16H2,1-7H3/b18-11+,19-13+/t21-,22+,26+,27-,29-/m0/s1. The molecule has 1 aliphatic heterocycles. The van der Waals surface area contributed by atoms with Crippen LogP contribution in [0.3, 0.4) is 0 Å². The Morgan fingerprint density at radius 2 is 1.81 bits per heavy atom. The summed E-state index contributed by atoms with van der Waals surface area (Å²) in [6, 6.07) is 10.1. The molecule has 37 heavy (non-hydrogen) atoms. The van der Waals surface area contributed by atoms with Crippen molar-refractivity contribution in [3.05, 3.63) is 68.9 Å². The molecule has 3 rings (SSSR count). The Bertz CT molecular complexity index is 1190. The van der Waals surface area contributed by atoms with Crippen LogP contribution in [0.25, 0.3) is 11.6 Å². The molecule has 0 fully saturated rings. The van der Waals surface area contributed by atoms with Crippen LogP contribution in [0.1, 0.15) is 81.9 Å². The van der Waals surface area contributed by atoms with Crippen molar-refractivity contribution in [1.29, 1.82) is 0 Å². The number of thiophene rings is 1. The van der Waals surface area contributed by atoms with E-state index in [0.29, 0.717) is 6.42 Å². The largest absolute Gasteiger partial charge is 0.457 e. The van der Waals surface area contributed by atoms with Crippen LogP contribution >= 0.6 is 11.3 Å². The third-order valence-electron chi connectivity index (χ3n) is 7.70. The molecule has 5 atom stereocenters. The van der Waals surface area contributed by atoms with Crippen LogP contribution in [0, 0.1) is 18.3 Å². The molecule has 2 heterocycles. The Kier molecular flexibility index (Phi) is 9.32. The van der Waals surface area contributed by atoms with E-state index in [1.54, 1.807) is 32.1 Å². The van der Waals surface area contributed by atoms with Gasteiger partial charge < -0.3 is 14.9 Å². The summed E-state index contributed by atoms with van der Waals surface area (Å²) in [5, 5.41) is 24.1. The fraction of sp³-hybridized carbons (Fsp3) is 0.484. The minimum absolute atomic E-state index is 0.285. The number of hydrogen-bond acceptors (Lipinski definition) is 6. The number of fused-ring (bicyclic) bond motifs is 2. The lowest BCUT2D eigenvalue weighted by atomic mass is 9.72. The van der Waals surface area contributed by atoms with Gasteiger partial charge in [0.1, 0.15) is 11.9 Å². The maximum Gasteiger partial charge on any atom is 0.309 e. The number of carbonyl (C=O) groups excluding carboxylic acids is 2. The molecule has 0 unspecified atom stereocenters. The molecule has 1 aliphatic rings. The number of hydrogen-bond donors (Lipinski definition) is 2. The van der Waals surface area contributed by atoms with Gasteiger partial charge in [-0.25, -0.2) is 0 Å². The van der Waals surface area contributed by atoms with Gasteiger partial charge in [0.2, 0.25) is 0 Å². The lowest BCUT2D eigenvalue weighted by Gasteiger charge is -2.34. The second kappa shape index (κ2) is 11.9. The third kappa shape index (κ3) is 6.86. The van der Waals surface area contributed by atoms with Crippen molar-refractivity contribution >= 4 is 34.7 Å². The Morgan fingerprint density at radius 1 is 1.11 bits per heavy atom. The van der Waals surface area contributed by atoms with E-state index in [1.165, 1.54) is 4.88 Å². The molecule has 2 bridgehead atoms. The van der Waals surface area contributed by atoms with Crippen LogP contribution in [-0.2, 0) is 14.3 Å². The van der Waals surface area contributed by atoms with E-state index in [2.05, 4.69) is 24.4 Å². The highest BCUT2D eigenvalue weighted by molar-refractivity contribution is 7.10. The monoisotopic (exact) mass is 524 g/mol. The van der Waals surface area contributed by atoms with Crippen molar-refractivity contribution < 1.29 is 24.5 Å². The maximum absolute atomic E-state index is 13.4. The molecular weight excluding hydrogens is 484 g/mol. The fourth-order valence-corrected chi connectivity index (χ4v) is 5.51. The van der Waals surface area contributed by atoms with Gasteiger partial charge in [-0.2, -0.15) is 0 Å². The van der Waals surface area contributed by atoms with Gasteiger partial charge in [-0.15, -0.1) is 11.3 Å². The summed E-state index contributed by atoms with van der Waals surface area (Å²) in [6.45, 7) is 12.9. The first-order valence-electron chi connectivity index (χ1n) is 12.9. The topological polar surface area (TPSA) is 83.8 Å². The van der Waals surface area contributed by atoms with Crippen LogP contribution < -0.4 is 0 Å². The average molecular weight is 525 g/mol. The first-order valence-corrected chi connectivity index (χ1v) is 13.8. The number of cyclic esters (lactones) is 1. The van der Waals surface area contributed by atoms with Gasteiger partial charge in [0, 0.05) is 23.1 Å². The quantitative estimate of drug-likeness (QED) is 0.449. The van der Waals surface area contributed by atoms with Gasteiger partial charge in [-0.3, -0.25) is 9.59 Å². The predicted molar refractivity (Wildman–Crippen MR) is 150 cm³/mol. The first kappa shape index (κ1) is 29.0. The van der Waals surface area contributed by atoms with E-state index in [4.69, 9.17) is 4.74 Å². The summed E-state index contributed by atoms with van der Waals surface area (Å²) in [6.07, 6.45) is 1.57. The van der Waals surface area contributed by atoms with E-state index >= 15 is 0 Å². The number of aliphatic hydroxyl groups is 2. The lowest BCUT2D eigenvalue weighted by molar-refractivity contribution is -0.153. The zero-order valence-corrected chi connectivity index (χ0v) is 23.8. The van der Waals surface area contributed by atoms with Crippen LogP contribution in [0.4, 0.5) is 0 Å². The minimum Gasteiger partial charge on any atom is -0.457 e. The minimum atomic E-state index is -1.24. The van der Waals surface area contributed by atoms with Crippen molar-refractivity contribution in [1.82, 2.24) is 0 Å². The van der Waals surface area contributed by atoms with Gasteiger partial charge in [0.05, 0.1) is 24.0 Å². The Hall–Kier alpha value is -2.54. The van der Waals surface area contributed by atoms with Gasteiger partial charge >= 0.3 is 5.97 Å². The van der Waals surface area contributed by atoms with E-state index in [1.807, 2.05) is 51.1 Å². The summed E-state index contributed by atoms with van der Waals surface area (Å²) in [7, 11) is 0. The predicted octanol–water partition coefficient (Wildman–Crippen LogP) is 6.33. The fourth-order valence-electron chi connectivity index (χ4n) is 4.85. The van der Waals surface area contributed by atoms with Crippen LogP contribution in [0.5, 0.6) is 0 Å². The molecule has 0 spiro atoms. The van der Waals surface area contributed by atoms with E-state index in [9.17, 15) is 19.8 Å². The zero-order chi connectivity index (χ0) is 27.5. The lowest BCUT2D eigenvalue weighted by Crippen LogP contribution is -2.45. The Labute approximate surface area is 224 Å². The summed E-state index contributed by atoms with van der Waals surface area (Å²) >= 11 is 1.66. The van der Waals surface area contributed by atoms with Crippen LogP contribution in [-0.4, -0.2) is 40.3 Å². The number of esters is 1. The summed E-state index contributed by atoms with van der Waals surface area (Å²) in [5.41, 5.74) is 3.71. The highest BCUT2D eigenvalue weighted by atomic mass is 32.1. The van der Waals surface area contributed by atoms with E-state index < -0.39 is 35.6 Å². The molecule has 2 N–H and O–H groups in total. The number of aryl methyl sites for hydroxylation is 1. The molecule has 2 aromatic rings. The molecule has 6 heteroatoms. The number of Topliss-reactive ketones (excluding diaryl/α,β-unsaturated/α-hetero) is 1. The molecule has 0 saturated heterocycles. The Balaban J connectivity index is 2.04. The third-order valence-corrected chi connectivity index (χ3v) is 8.58. The van der Waals surface area contributed by atoms with Gasteiger partial charge in [-0.1, -0.05) is 64.1 Å². The first-order chi connectivity index (χ1) is 17.3. The number of ketones is 1. The van der Waals surface area contributed by atoms with Crippen LogP contribution in [0.15, 0.2) is 47.4 Å². The number of rotatable bonds is 2. The highest BCUT2D eigenvalue weighted by Crippen LogP contribution is 2.34. The molecule has 1 aromatic carbocycles. The van der Waals surface area contributed by atoms with Gasteiger partial charge in [0.25, 0.3) is 0 Å². The summed E-state index contributed by atoms with van der Waals surface area (Å²) in [4.78, 5) is 27.6. The van der Waals surface area contributed by atoms with Crippen LogP contribution in [0.2, 0.25) is 0 Å². The van der Waals surface area contributed by atoms with Crippen molar-refractivity contribution in [3.63, 3.8) is 0 Å². The molecule has 0 saturated carbocycles. The van der Waals surface area contributed by atoms with Gasteiger partial charge in [-0.05, 0) is 60.1 Å². The van der Waals surface area contributed by atoms with Crippen molar-refractivity contribution in [2.45, 2.75) is 85.5 Å². The highest BCUT2D eigenvalue weighted by Gasteiger charge is 2.42. The molecule has 0 radical (unpaired) electrons. The number of allylic oxidation sites excluding steroid dienone is 1. The van der Waals surface area contributed by atoms with Crippen molar-refractivity contribution in [2.24, 2.45) is 11.3 Å². The van der Waals surface area contributed by atoms with E-state index in [-0.39, 0.29) is 18.1 Å². The molecule has 0 aliphatic carbocycles. The van der Waals surface area contributed by atoms with E-state index in [0.717, 1.165) is 27.8 Å². The van der Waals surface area contributed by atoms with Gasteiger partial charge in [0.15, 0.2) is 0 Å². The van der Waals surface area contributed by atoms with Crippen molar-refractivity contribution in [2.75, 3.05) is 0 Å². The number of ether oxygens (including phenoxy) is 1. The Morgan fingerprint density at radius 3 is 2.46 bits per heavy atom. The number of aliphatic hydroxyl groups excluding tert-OH is 2. The van der Waals surface area contributed by atoms with Crippen molar-refractivity contribution in [3.8, 4) is 0 Å². The number of carbonyl (C=O) groups is 2. The summed E-state index contributed by atoms with van der Waals surface area (Å²) < 4.78 is 5.89.